The molecule has 0 fully saturated rings. The van der Waals surface area contributed by atoms with Gasteiger partial charge in [0.25, 0.3) is 0 Å². The van der Waals surface area contributed by atoms with Gasteiger partial charge in [0.15, 0.2) is 5.58 Å². The lowest BCUT2D eigenvalue weighted by Crippen LogP contribution is -1.86. The van der Waals surface area contributed by atoms with Crippen LogP contribution in [0, 0.1) is 0 Å². The van der Waals surface area contributed by atoms with Crippen LogP contribution in [0.25, 0.3) is 22.6 Å². The largest absolute Gasteiger partial charge is 0.436 e. The summed E-state index contributed by atoms with van der Waals surface area (Å²) < 4.78 is 7.59. The van der Waals surface area contributed by atoms with Crippen LogP contribution in [0.1, 0.15) is 0 Å². The van der Waals surface area contributed by atoms with Crippen LogP contribution < -0.4 is 5.73 Å². The van der Waals surface area contributed by atoms with Crippen LogP contribution in [0.4, 0.5) is 5.69 Å². The molecule has 0 bridgehead atoms. The molecule has 0 unspecified atom stereocenters. The van der Waals surface area contributed by atoms with E-state index in [0.29, 0.717) is 11.6 Å². The van der Waals surface area contributed by atoms with Gasteiger partial charge in [-0.15, -0.1) is 0 Å². The second-order valence-electron chi connectivity index (χ2n) is 3.90. The number of oxazole rings is 1. The number of benzene rings is 2. The van der Waals surface area contributed by atoms with Gasteiger partial charge in [-0.25, -0.2) is 4.98 Å². The van der Waals surface area contributed by atoms with Gasteiger partial charge in [-0.3, -0.25) is 0 Å². The minimum absolute atomic E-state index is 0.566. The van der Waals surface area contributed by atoms with Crippen LogP contribution in [0.2, 0.25) is 0 Å². The molecule has 3 aromatic rings. The predicted molar refractivity (Wildman–Crippen MR) is 79.3 cm³/mol. The second-order valence-corrected chi connectivity index (χ2v) is 5.74. The van der Waals surface area contributed by atoms with Crippen molar-refractivity contribution in [1.82, 2.24) is 4.98 Å². The van der Waals surface area contributed by atoms with Crippen molar-refractivity contribution >= 4 is 48.6 Å². The Balaban J connectivity index is 2.19. The van der Waals surface area contributed by atoms with E-state index in [1.807, 2.05) is 36.4 Å². The Morgan fingerprint density at radius 3 is 2.61 bits per heavy atom. The van der Waals surface area contributed by atoms with Gasteiger partial charge in [-0.2, -0.15) is 0 Å². The minimum atomic E-state index is 0.566. The fourth-order valence-electron chi connectivity index (χ4n) is 1.76. The Bertz CT molecular complexity index is 717. The van der Waals surface area contributed by atoms with E-state index in [-0.39, 0.29) is 0 Å². The van der Waals surface area contributed by atoms with Crippen molar-refractivity contribution in [1.29, 1.82) is 0 Å². The number of fused-ring (bicyclic) bond motifs is 1. The summed E-state index contributed by atoms with van der Waals surface area (Å²) in [6.07, 6.45) is 0. The van der Waals surface area contributed by atoms with Crippen molar-refractivity contribution in [3.63, 3.8) is 0 Å². The van der Waals surface area contributed by atoms with E-state index < -0.39 is 0 Å². The molecule has 0 amide bonds. The summed E-state index contributed by atoms with van der Waals surface area (Å²) in [4.78, 5) is 4.45. The van der Waals surface area contributed by atoms with E-state index in [2.05, 4.69) is 36.8 Å². The topological polar surface area (TPSA) is 52.0 Å². The monoisotopic (exact) mass is 366 g/mol. The molecule has 0 saturated carbocycles. The van der Waals surface area contributed by atoms with Gasteiger partial charge in [0.2, 0.25) is 5.89 Å². The first kappa shape index (κ1) is 11.7. The molecule has 0 spiro atoms. The second kappa shape index (κ2) is 4.40. The third-order valence-electron chi connectivity index (χ3n) is 2.52. The van der Waals surface area contributed by atoms with Gasteiger partial charge < -0.3 is 10.2 Å². The number of nitrogen functional groups attached to an aromatic ring is 1. The predicted octanol–water partition coefficient (Wildman–Crippen LogP) is 4.60. The maximum Gasteiger partial charge on any atom is 0.227 e. The van der Waals surface area contributed by atoms with E-state index in [9.17, 15) is 0 Å². The fraction of sp³-hybridized carbons (Fsp3) is 0. The van der Waals surface area contributed by atoms with Gasteiger partial charge in [0.1, 0.15) is 5.52 Å². The first-order valence-corrected chi connectivity index (χ1v) is 6.83. The smallest absolute Gasteiger partial charge is 0.227 e. The Labute approximate surface area is 120 Å². The highest BCUT2D eigenvalue weighted by Crippen LogP contribution is 2.29. The number of anilines is 1. The summed E-state index contributed by atoms with van der Waals surface area (Å²) in [5.41, 5.74) is 8.91. The Kier molecular flexibility index (Phi) is 2.87. The maximum atomic E-state index is 5.81. The lowest BCUT2D eigenvalue weighted by Gasteiger charge is -1.99. The van der Waals surface area contributed by atoms with Crippen LogP contribution in [0.3, 0.4) is 0 Å². The average Bonchev–Trinajstić information content (AvgIpc) is 2.70. The van der Waals surface area contributed by atoms with Crippen LogP contribution in [-0.4, -0.2) is 4.98 Å². The Hall–Kier alpha value is -1.33. The molecule has 18 heavy (non-hydrogen) atoms. The zero-order valence-corrected chi connectivity index (χ0v) is 12.3. The van der Waals surface area contributed by atoms with Crippen LogP contribution in [0.5, 0.6) is 0 Å². The highest BCUT2D eigenvalue weighted by molar-refractivity contribution is 9.10. The first-order valence-electron chi connectivity index (χ1n) is 5.24. The lowest BCUT2D eigenvalue weighted by atomic mass is 10.2. The molecule has 1 heterocycles. The van der Waals surface area contributed by atoms with Crippen molar-refractivity contribution < 1.29 is 4.42 Å². The molecule has 0 aliphatic heterocycles. The molecule has 90 valence electrons. The zero-order chi connectivity index (χ0) is 12.7. The molecule has 1 aromatic heterocycles. The number of halogens is 2. The van der Waals surface area contributed by atoms with Gasteiger partial charge in [-0.1, -0.05) is 31.9 Å². The number of hydrogen-bond acceptors (Lipinski definition) is 3. The third kappa shape index (κ3) is 2.15. The van der Waals surface area contributed by atoms with Crippen LogP contribution >= 0.6 is 31.9 Å². The van der Waals surface area contributed by atoms with Crippen LogP contribution in [0.15, 0.2) is 49.8 Å². The van der Waals surface area contributed by atoms with E-state index in [4.69, 9.17) is 10.2 Å². The molecule has 3 rings (SSSR count). The summed E-state index contributed by atoms with van der Waals surface area (Å²) in [5.74, 6) is 0.566. The highest BCUT2D eigenvalue weighted by atomic mass is 79.9. The zero-order valence-electron chi connectivity index (χ0n) is 9.15. The van der Waals surface area contributed by atoms with Gasteiger partial charge in [-0.05, 0) is 36.4 Å². The summed E-state index contributed by atoms with van der Waals surface area (Å²) in [5, 5.41) is 0. The van der Waals surface area contributed by atoms with Crippen molar-refractivity contribution in [3.8, 4) is 11.5 Å². The number of nitrogens with zero attached hydrogens (tertiary/aromatic N) is 1. The molecule has 0 radical (unpaired) electrons. The molecule has 0 saturated heterocycles. The molecule has 3 nitrogen and oxygen atoms in total. The molecular formula is C13H8Br2N2O. The molecule has 2 aromatic carbocycles. The van der Waals surface area contributed by atoms with Crippen molar-refractivity contribution in [2.24, 2.45) is 0 Å². The van der Waals surface area contributed by atoms with E-state index in [1.165, 1.54) is 0 Å². The first-order chi connectivity index (χ1) is 8.61. The molecule has 0 aliphatic carbocycles. The number of hydrogen-bond donors (Lipinski definition) is 1. The van der Waals surface area contributed by atoms with Gasteiger partial charge >= 0.3 is 0 Å². The summed E-state index contributed by atoms with van der Waals surface area (Å²) >= 11 is 6.82. The Morgan fingerprint density at radius 2 is 1.83 bits per heavy atom. The highest BCUT2D eigenvalue weighted by Gasteiger charge is 2.09. The van der Waals surface area contributed by atoms with Gasteiger partial charge in [0, 0.05) is 20.2 Å². The normalized spacial score (nSPS) is 11.0. The van der Waals surface area contributed by atoms with E-state index >= 15 is 0 Å². The SMILES string of the molecule is Nc1cc(Br)cc(-c2nc3cc(Br)ccc3o2)c1. The molecular weight excluding hydrogens is 360 g/mol. The number of nitrogens with two attached hydrogens (primary N) is 1. The van der Waals surface area contributed by atoms with E-state index in [1.54, 1.807) is 0 Å². The molecule has 2 N–H and O–H groups in total. The standard InChI is InChI=1S/C13H8Br2N2O/c14-8-1-2-12-11(6-8)17-13(18-12)7-3-9(15)5-10(16)4-7/h1-6H,16H2. The number of rotatable bonds is 1. The van der Waals surface area contributed by atoms with Crippen molar-refractivity contribution in [3.05, 3.63) is 45.3 Å². The Morgan fingerprint density at radius 1 is 1.00 bits per heavy atom. The molecule has 0 aliphatic rings. The summed E-state index contributed by atoms with van der Waals surface area (Å²) in [6, 6.07) is 11.3. The quantitative estimate of drug-likeness (QED) is 0.639. The van der Waals surface area contributed by atoms with E-state index in [0.717, 1.165) is 25.6 Å². The van der Waals surface area contributed by atoms with Crippen molar-refractivity contribution in [2.45, 2.75) is 0 Å². The van der Waals surface area contributed by atoms with Crippen LogP contribution in [-0.2, 0) is 0 Å². The average molecular weight is 368 g/mol. The third-order valence-corrected chi connectivity index (χ3v) is 3.47. The summed E-state index contributed by atoms with van der Waals surface area (Å²) in [6.45, 7) is 0. The lowest BCUT2D eigenvalue weighted by molar-refractivity contribution is 0.620. The minimum Gasteiger partial charge on any atom is -0.436 e. The van der Waals surface area contributed by atoms with Gasteiger partial charge in [0.05, 0.1) is 0 Å². The molecule has 5 heteroatoms. The molecule has 0 atom stereocenters. The maximum absolute atomic E-state index is 5.81. The fourth-order valence-corrected chi connectivity index (χ4v) is 2.62. The van der Waals surface area contributed by atoms with Crippen molar-refractivity contribution in [2.75, 3.05) is 5.73 Å². The summed E-state index contributed by atoms with van der Waals surface area (Å²) in [7, 11) is 0. The number of aromatic nitrogens is 1.